The predicted octanol–water partition coefficient (Wildman–Crippen LogP) is 14.7. The molecule has 258 valence electrons. The lowest BCUT2D eigenvalue weighted by Gasteiger charge is -2.32. The van der Waals surface area contributed by atoms with E-state index in [1.54, 1.807) is 0 Å². The topological polar surface area (TPSA) is 13.1 Å². The number of hydrogen-bond donors (Lipinski definition) is 0. The van der Waals surface area contributed by atoms with Crippen LogP contribution in [0.1, 0.15) is 22.3 Å². The molecule has 11 aromatic rings. The maximum absolute atomic E-state index is 6.57. The Morgan fingerprint density at radius 3 is 1.70 bits per heavy atom. The fourth-order valence-corrected chi connectivity index (χ4v) is 10.6. The van der Waals surface area contributed by atoms with Crippen LogP contribution in [-0.2, 0) is 5.41 Å². The highest BCUT2D eigenvalue weighted by molar-refractivity contribution is 6.16. The first kappa shape index (κ1) is 30.1. The van der Waals surface area contributed by atoms with Gasteiger partial charge in [-0.25, -0.2) is 0 Å². The molecule has 0 atom stereocenters. The van der Waals surface area contributed by atoms with E-state index in [9.17, 15) is 0 Å². The number of rotatable bonds is 2. The molecule has 0 fully saturated rings. The molecule has 2 aliphatic carbocycles. The Morgan fingerprint density at radius 1 is 0.304 bits per heavy atom. The zero-order valence-corrected chi connectivity index (χ0v) is 30.4. The predicted molar refractivity (Wildman–Crippen MR) is 233 cm³/mol. The summed E-state index contributed by atoms with van der Waals surface area (Å²) in [6, 6.07) is 72.2. The van der Waals surface area contributed by atoms with Gasteiger partial charge in [-0.05, 0) is 123 Å². The van der Waals surface area contributed by atoms with Crippen LogP contribution in [0.25, 0.3) is 98.8 Å². The molecule has 2 aliphatic rings. The van der Waals surface area contributed by atoms with Crippen molar-refractivity contribution >= 4 is 54.3 Å². The largest absolute Gasteiger partial charge is 0.456 e. The Hall–Kier alpha value is -7.22. The minimum absolute atomic E-state index is 0.507. The minimum Gasteiger partial charge on any atom is -0.456 e. The van der Waals surface area contributed by atoms with Gasteiger partial charge < -0.3 is 4.42 Å². The average Bonchev–Trinajstić information content (AvgIpc) is 3.88. The second kappa shape index (κ2) is 10.9. The van der Waals surface area contributed by atoms with Crippen LogP contribution in [0.5, 0.6) is 0 Å². The molecule has 0 bridgehead atoms. The maximum atomic E-state index is 6.57. The van der Waals surface area contributed by atoms with Gasteiger partial charge in [0.25, 0.3) is 0 Å². The zero-order valence-electron chi connectivity index (χ0n) is 30.4. The van der Waals surface area contributed by atoms with E-state index in [1.165, 1.54) is 99.1 Å². The van der Waals surface area contributed by atoms with Crippen LogP contribution in [0.2, 0.25) is 0 Å². The van der Waals surface area contributed by atoms with Crippen molar-refractivity contribution in [2.24, 2.45) is 0 Å². The Kier molecular flexibility index (Phi) is 5.89. The molecule has 0 amide bonds. The van der Waals surface area contributed by atoms with Crippen LogP contribution in [0.4, 0.5) is 0 Å². The summed E-state index contributed by atoms with van der Waals surface area (Å²) in [6.07, 6.45) is 0. The summed E-state index contributed by atoms with van der Waals surface area (Å²) in [5.74, 6) is 0. The minimum atomic E-state index is -0.507. The van der Waals surface area contributed by atoms with E-state index < -0.39 is 5.41 Å². The van der Waals surface area contributed by atoms with E-state index in [0.717, 1.165) is 21.9 Å². The SMILES string of the molecule is c1ccc2c(c1)-c1ccccc1C21c2cc(-c3cccc4oc5cc6ccccc6cc5c34)ccc2-c2ccc3c(-c4cccc5ccccc45)cccc3c21. The molecule has 1 spiro atoms. The van der Waals surface area contributed by atoms with E-state index in [4.69, 9.17) is 4.42 Å². The monoisotopic (exact) mass is 708 g/mol. The fraction of sp³-hybridized carbons (Fsp3) is 0.0182. The molecule has 1 heteroatoms. The lowest BCUT2D eigenvalue weighted by atomic mass is 9.69. The summed E-state index contributed by atoms with van der Waals surface area (Å²) in [5, 5.41) is 9.82. The van der Waals surface area contributed by atoms with Crippen molar-refractivity contribution in [3.63, 3.8) is 0 Å². The number of fused-ring (bicyclic) bond motifs is 17. The molecular weight excluding hydrogens is 677 g/mol. The summed E-state index contributed by atoms with van der Waals surface area (Å²) in [6.45, 7) is 0. The van der Waals surface area contributed by atoms with Gasteiger partial charge in [-0.2, -0.15) is 0 Å². The van der Waals surface area contributed by atoms with Crippen molar-refractivity contribution in [2.75, 3.05) is 0 Å². The molecule has 0 saturated heterocycles. The highest BCUT2D eigenvalue weighted by atomic mass is 16.3. The van der Waals surface area contributed by atoms with Crippen molar-refractivity contribution in [1.82, 2.24) is 0 Å². The van der Waals surface area contributed by atoms with Gasteiger partial charge in [-0.1, -0.05) is 170 Å². The first-order valence-corrected chi connectivity index (χ1v) is 19.5. The molecule has 1 aromatic heterocycles. The molecule has 0 saturated carbocycles. The van der Waals surface area contributed by atoms with Crippen LogP contribution < -0.4 is 0 Å². The van der Waals surface area contributed by atoms with Crippen LogP contribution in [0.15, 0.2) is 199 Å². The quantitative estimate of drug-likeness (QED) is 0.174. The smallest absolute Gasteiger partial charge is 0.136 e. The number of benzene rings is 10. The first-order valence-electron chi connectivity index (χ1n) is 19.5. The molecule has 0 radical (unpaired) electrons. The molecule has 10 aromatic carbocycles. The lowest BCUT2D eigenvalue weighted by molar-refractivity contribution is 0.669. The highest BCUT2D eigenvalue weighted by Gasteiger charge is 2.52. The Morgan fingerprint density at radius 2 is 0.875 bits per heavy atom. The normalized spacial score (nSPS) is 13.5. The maximum Gasteiger partial charge on any atom is 0.136 e. The Bertz CT molecular complexity index is 3440. The third kappa shape index (κ3) is 3.79. The van der Waals surface area contributed by atoms with E-state index >= 15 is 0 Å². The van der Waals surface area contributed by atoms with Crippen molar-refractivity contribution in [1.29, 1.82) is 0 Å². The van der Waals surface area contributed by atoms with Crippen LogP contribution in [-0.4, -0.2) is 0 Å². The van der Waals surface area contributed by atoms with Gasteiger partial charge in [-0.3, -0.25) is 0 Å². The van der Waals surface area contributed by atoms with Gasteiger partial charge in [0.2, 0.25) is 0 Å². The van der Waals surface area contributed by atoms with Gasteiger partial charge in [-0.15, -0.1) is 0 Å². The summed E-state index contributed by atoms with van der Waals surface area (Å²) in [7, 11) is 0. The van der Waals surface area contributed by atoms with E-state index in [-0.39, 0.29) is 0 Å². The molecule has 0 aliphatic heterocycles. The molecule has 1 nitrogen and oxygen atoms in total. The van der Waals surface area contributed by atoms with E-state index in [1.807, 2.05) is 0 Å². The van der Waals surface area contributed by atoms with Crippen molar-refractivity contribution in [3.8, 4) is 44.5 Å². The van der Waals surface area contributed by atoms with Gasteiger partial charge in [0, 0.05) is 10.8 Å². The average molecular weight is 709 g/mol. The van der Waals surface area contributed by atoms with Crippen LogP contribution in [0.3, 0.4) is 0 Å². The molecule has 13 rings (SSSR count). The van der Waals surface area contributed by atoms with E-state index in [0.29, 0.717) is 0 Å². The summed E-state index contributed by atoms with van der Waals surface area (Å²) < 4.78 is 6.57. The van der Waals surface area contributed by atoms with E-state index in [2.05, 4.69) is 194 Å². The van der Waals surface area contributed by atoms with Gasteiger partial charge in [0.05, 0.1) is 5.41 Å². The third-order valence-electron chi connectivity index (χ3n) is 12.9. The molecule has 1 heterocycles. The number of hydrogen-bond acceptors (Lipinski definition) is 1. The fourth-order valence-electron chi connectivity index (χ4n) is 10.6. The Labute approximate surface area is 323 Å². The molecule has 56 heavy (non-hydrogen) atoms. The Balaban J connectivity index is 1.13. The lowest BCUT2D eigenvalue weighted by Crippen LogP contribution is -2.26. The number of furan rings is 1. The highest BCUT2D eigenvalue weighted by Crippen LogP contribution is 2.64. The standard InChI is InChI=1S/C55H32O/c1-2-14-35-32-52-47(30-34(35)13-1)53-38(19-11-25-51(53)56-52)36-26-27-44-46-29-28-41-40(39-20-9-15-33-12-3-4-16-37(33)39)21-10-22-45(41)54(46)55(50(44)31-36)48-23-7-5-17-42(48)43-18-6-8-24-49(43)55/h1-32H. The zero-order chi connectivity index (χ0) is 36.5. The van der Waals surface area contributed by atoms with Crippen LogP contribution >= 0.6 is 0 Å². The second-order valence-electron chi connectivity index (χ2n) is 15.5. The first-order chi connectivity index (χ1) is 27.8. The molecular formula is C55H32O. The third-order valence-corrected chi connectivity index (χ3v) is 12.9. The second-order valence-corrected chi connectivity index (χ2v) is 15.5. The van der Waals surface area contributed by atoms with Crippen LogP contribution in [0, 0.1) is 0 Å². The van der Waals surface area contributed by atoms with Crippen molar-refractivity contribution < 1.29 is 4.42 Å². The van der Waals surface area contributed by atoms with Gasteiger partial charge >= 0.3 is 0 Å². The summed E-state index contributed by atoms with van der Waals surface area (Å²) >= 11 is 0. The van der Waals surface area contributed by atoms with Gasteiger partial charge in [0.1, 0.15) is 11.2 Å². The summed E-state index contributed by atoms with van der Waals surface area (Å²) in [4.78, 5) is 0. The van der Waals surface area contributed by atoms with Gasteiger partial charge in [0.15, 0.2) is 0 Å². The van der Waals surface area contributed by atoms with Crippen molar-refractivity contribution in [3.05, 3.63) is 216 Å². The molecule has 0 N–H and O–H groups in total. The molecule has 0 unspecified atom stereocenters. The van der Waals surface area contributed by atoms with Crippen molar-refractivity contribution in [2.45, 2.75) is 5.41 Å². The summed E-state index contributed by atoms with van der Waals surface area (Å²) in [5.41, 5.74) is 16.9.